The number of nitrogens with one attached hydrogen (secondary N) is 1. The topological polar surface area (TPSA) is 63.1 Å². The lowest BCUT2D eigenvalue weighted by atomic mass is 9.97. The summed E-state index contributed by atoms with van der Waals surface area (Å²) in [5.41, 5.74) is 2.14. The predicted octanol–water partition coefficient (Wildman–Crippen LogP) is 1.93. The number of amides is 1. The maximum absolute atomic E-state index is 12.5. The van der Waals surface area contributed by atoms with Gasteiger partial charge in [-0.15, -0.1) is 0 Å². The number of pyridine rings is 1. The zero-order valence-corrected chi connectivity index (χ0v) is 14.4. The lowest BCUT2D eigenvalue weighted by Crippen LogP contribution is -2.44. The highest BCUT2D eigenvalue weighted by atomic mass is 16.1. The Morgan fingerprint density at radius 3 is 2.96 bits per heavy atom. The van der Waals surface area contributed by atoms with E-state index >= 15 is 0 Å². The van der Waals surface area contributed by atoms with Crippen molar-refractivity contribution >= 4 is 11.7 Å². The van der Waals surface area contributed by atoms with Crippen LogP contribution in [0.25, 0.3) is 0 Å². The highest BCUT2D eigenvalue weighted by Crippen LogP contribution is 2.21. The van der Waals surface area contributed by atoms with Gasteiger partial charge in [-0.2, -0.15) is 5.10 Å². The van der Waals surface area contributed by atoms with Crippen molar-refractivity contribution in [3.8, 4) is 0 Å². The van der Waals surface area contributed by atoms with Crippen molar-refractivity contribution in [2.24, 2.45) is 5.92 Å². The van der Waals surface area contributed by atoms with E-state index in [4.69, 9.17) is 0 Å². The molecule has 1 N–H and O–H groups in total. The van der Waals surface area contributed by atoms with E-state index in [1.165, 1.54) is 0 Å². The van der Waals surface area contributed by atoms with Crippen LogP contribution in [0.4, 0.5) is 5.82 Å². The normalized spacial score (nSPS) is 17.8. The highest BCUT2D eigenvalue weighted by Gasteiger charge is 2.26. The Morgan fingerprint density at radius 2 is 2.25 bits per heavy atom. The molecule has 1 amide bonds. The molecule has 1 aliphatic rings. The third kappa shape index (κ3) is 3.93. The Kier molecular flexibility index (Phi) is 5.13. The van der Waals surface area contributed by atoms with E-state index in [9.17, 15) is 4.79 Å². The average Bonchev–Trinajstić information content (AvgIpc) is 2.93. The minimum absolute atomic E-state index is 0.0289. The van der Waals surface area contributed by atoms with Crippen molar-refractivity contribution < 1.29 is 4.79 Å². The summed E-state index contributed by atoms with van der Waals surface area (Å²) < 4.78 is 1.94. The summed E-state index contributed by atoms with van der Waals surface area (Å²) in [6.45, 7) is 7.04. The van der Waals surface area contributed by atoms with E-state index in [0.29, 0.717) is 13.1 Å². The summed E-state index contributed by atoms with van der Waals surface area (Å²) in [7, 11) is 0. The van der Waals surface area contributed by atoms with E-state index in [1.807, 2.05) is 42.8 Å². The zero-order chi connectivity index (χ0) is 16.9. The lowest BCUT2D eigenvalue weighted by molar-refractivity contribution is -0.125. The maximum atomic E-state index is 12.5. The van der Waals surface area contributed by atoms with E-state index in [-0.39, 0.29) is 11.8 Å². The molecule has 0 bridgehead atoms. The van der Waals surface area contributed by atoms with Crippen molar-refractivity contribution in [2.45, 2.75) is 33.2 Å². The molecule has 6 heteroatoms. The van der Waals surface area contributed by atoms with E-state index in [1.54, 1.807) is 6.20 Å². The molecule has 2 aromatic rings. The largest absolute Gasteiger partial charge is 0.356 e. The van der Waals surface area contributed by atoms with Crippen LogP contribution >= 0.6 is 0 Å². The Hall–Kier alpha value is -2.37. The number of anilines is 1. The second kappa shape index (κ2) is 7.47. The van der Waals surface area contributed by atoms with E-state index in [2.05, 4.69) is 20.3 Å². The fraction of sp³-hybridized carbons (Fsp3) is 0.500. The molecule has 6 nitrogen and oxygen atoms in total. The average molecular weight is 327 g/mol. The summed E-state index contributed by atoms with van der Waals surface area (Å²) in [6, 6.07) is 7.95. The molecular weight excluding hydrogens is 302 g/mol. The Bertz CT molecular complexity index is 682. The molecular formula is C18H25N5O. The second-order valence-corrected chi connectivity index (χ2v) is 6.41. The van der Waals surface area contributed by atoms with Gasteiger partial charge in [0.25, 0.3) is 0 Å². The van der Waals surface area contributed by atoms with Crippen LogP contribution in [-0.4, -0.2) is 40.3 Å². The number of nitrogens with zero attached hydrogens (tertiary/aromatic N) is 4. The van der Waals surface area contributed by atoms with Crippen LogP contribution in [0.5, 0.6) is 0 Å². The molecule has 3 heterocycles. The van der Waals surface area contributed by atoms with E-state index < -0.39 is 0 Å². The van der Waals surface area contributed by atoms with Crippen molar-refractivity contribution in [2.75, 3.05) is 24.5 Å². The number of rotatable bonds is 5. The SMILES string of the molecule is Cc1cc(C)n(CCNC(=O)[C@H]2CCCN(c3ccccn3)C2)n1. The molecule has 1 atom stereocenters. The molecule has 0 aromatic carbocycles. The summed E-state index contributed by atoms with van der Waals surface area (Å²) in [5, 5.41) is 7.48. The Balaban J connectivity index is 1.50. The third-order valence-electron chi connectivity index (χ3n) is 4.49. The van der Waals surface area contributed by atoms with Gasteiger partial charge in [0, 0.05) is 31.5 Å². The molecule has 1 fully saturated rings. The van der Waals surface area contributed by atoms with Crippen LogP contribution in [-0.2, 0) is 11.3 Å². The van der Waals surface area contributed by atoms with Gasteiger partial charge < -0.3 is 10.2 Å². The standard InChI is InChI=1S/C18H25N5O/c1-14-12-15(2)23(21-14)11-9-20-18(24)16-6-5-10-22(13-16)17-7-3-4-8-19-17/h3-4,7-8,12,16H,5-6,9-11,13H2,1-2H3,(H,20,24)/t16-/m0/s1. The first-order valence-electron chi connectivity index (χ1n) is 8.58. The fourth-order valence-electron chi connectivity index (χ4n) is 3.27. The number of aryl methyl sites for hydroxylation is 2. The molecule has 0 saturated carbocycles. The van der Waals surface area contributed by atoms with Gasteiger partial charge in [0.1, 0.15) is 5.82 Å². The van der Waals surface area contributed by atoms with Crippen LogP contribution in [0.15, 0.2) is 30.5 Å². The molecule has 0 spiro atoms. The summed E-state index contributed by atoms with van der Waals surface area (Å²) in [4.78, 5) is 19.1. The quantitative estimate of drug-likeness (QED) is 0.911. The Labute approximate surface area is 142 Å². The van der Waals surface area contributed by atoms with Crippen molar-refractivity contribution in [1.29, 1.82) is 0 Å². The number of carbonyl (C=O) groups is 1. The number of piperidine rings is 1. The van der Waals surface area contributed by atoms with Crippen LogP contribution in [0.1, 0.15) is 24.2 Å². The van der Waals surface area contributed by atoms with Crippen LogP contribution in [0.2, 0.25) is 0 Å². The molecule has 1 aliphatic heterocycles. The monoisotopic (exact) mass is 327 g/mol. The summed E-state index contributed by atoms with van der Waals surface area (Å²) in [5.74, 6) is 1.12. The molecule has 128 valence electrons. The molecule has 2 aromatic heterocycles. The smallest absolute Gasteiger partial charge is 0.224 e. The van der Waals surface area contributed by atoms with Gasteiger partial charge in [-0.05, 0) is 44.9 Å². The first-order valence-corrected chi connectivity index (χ1v) is 8.58. The minimum atomic E-state index is 0.0289. The van der Waals surface area contributed by atoms with Gasteiger partial charge in [-0.1, -0.05) is 6.07 Å². The fourth-order valence-corrected chi connectivity index (χ4v) is 3.27. The lowest BCUT2D eigenvalue weighted by Gasteiger charge is -2.32. The van der Waals surface area contributed by atoms with Gasteiger partial charge in [-0.25, -0.2) is 4.98 Å². The number of carbonyl (C=O) groups excluding carboxylic acids is 1. The second-order valence-electron chi connectivity index (χ2n) is 6.41. The molecule has 0 unspecified atom stereocenters. The highest BCUT2D eigenvalue weighted by molar-refractivity contribution is 5.79. The van der Waals surface area contributed by atoms with Gasteiger partial charge in [0.2, 0.25) is 5.91 Å². The minimum Gasteiger partial charge on any atom is -0.356 e. The van der Waals surface area contributed by atoms with Gasteiger partial charge in [0.05, 0.1) is 18.2 Å². The summed E-state index contributed by atoms with van der Waals surface area (Å²) in [6.07, 6.45) is 3.76. The Morgan fingerprint density at radius 1 is 1.38 bits per heavy atom. The molecule has 0 aliphatic carbocycles. The molecule has 24 heavy (non-hydrogen) atoms. The molecule has 1 saturated heterocycles. The predicted molar refractivity (Wildman–Crippen MR) is 93.9 cm³/mol. The number of hydrogen-bond donors (Lipinski definition) is 1. The van der Waals surface area contributed by atoms with Crippen LogP contribution < -0.4 is 10.2 Å². The van der Waals surface area contributed by atoms with Gasteiger partial charge in [-0.3, -0.25) is 9.48 Å². The third-order valence-corrected chi connectivity index (χ3v) is 4.49. The number of aromatic nitrogens is 3. The first-order chi connectivity index (χ1) is 11.6. The van der Waals surface area contributed by atoms with Crippen molar-refractivity contribution in [1.82, 2.24) is 20.1 Å². The maximum Gasteiger partial charge on any atom is 0.224 e. The van der Waals surface area contributed by atoms with E-state index in [0.717, 1.165) is 43.1 Å². The van der Waals surface area contributed by atoms with Crippen LogP contribution in [0, 0.1) is 19.8 Å². The van der Waals surface area contributed by atoms with Crippen LogP contribution in [0.3, 0.4) is 0 Å². The van der Waals surface area contributed by atoms with Crippen molar-refractivity contribution in [3.05, 3.63) is 41.9 Å². The molecule has 0 radical (unpaired) electrons. The first kappa shape index (κ1) is 16.5. The number of hydrogen-bond acceptors (Lipinski definition) is 4. The van der Waals surface area contributed by atoms with Crippen molar-refractivity contribution in [3.63, 3.8) is 0 Å². The van der Waals surface area contributed by atoms with Gasteiger partial charge in [0.15, 0.2) is 0 Å². The van der Waals surface area contributed by atoms with Gasteiger partial charge >= 0.3 is 0 Å². The summed E-state index contributed by atoms with van der Waals surface area (Å²) >= 11 is 0. The molecule has 3 rings (SSSR count). The zero-order valence-electron chi connectivity index (χ0n) is 14.4.